The van der Waals surface area contributed by atoms with E-state index in [1.165, 1.54) is 25.7 Å². The maximum Gasteiger partial charge on any atom is 0.192 e. The van der Waals surface area contributed by atoms with Crippen LogP contribution in [0, 0.1) is 0 Å². The minimum atomic E-state index is 0.118. The number of rotatable bonds is 6. The molecule has 86 valence electrons. The smallest absolute Gasteiger partial charge is 0.192 e. The van der Waals surface area contributed by atoms with E-state index in [0.29, 0.717) is 5.96 Å². The normalized spacial score (nSPS) is 25.5. The summed E-state index contributed by atoms with van der Waals surface area (Å²) in [6.45, 7) is 9.87. The van der Waals surface area contributed by atoms with Crippen LogP contribution in [-0.4, -0.2) is 29.5 Å². The Bertz CT molecular complexity index is 247. The zero-order chi connectivity index (χ0) is 11.3. The predicted molar refractivity (Wildman–Crippen MR) is 65.9 cm³/mol. The third kappa shape index (κ3) is 2.74. The van der Waals surface area contributed by atoms with Gasteiger partial charge in [0.1, 0.15) is 0 Å². The molecule has 0 saturated heterocycles. The van der Waals surface area contributed by atoms with Gasteiger partial charge in [0.15, 0.2) is 5.96 Å². The molecule has 0 spiro atoms. The summed E-state index contributed by atoms with van der Waals surface area (Å²) in [5.41, 5.74) is 5.99. The molecule has 1 aliphatic heterocycles. The highest BCUT2D eigenvalue weighted by Crippen LogP contribution is 2.27. The number of unbranched alkanes of at least 4 members (excludes halogenated alkanes) is 2. The summed E-state index contributed by atoms with van der Waals surface area (Å²) in [6, 6.07) is 0. The van der Waals surface area contributed by atoms with Gasteiger partial charge in [-0.1, -0.05) is 32.3 Å². The van der Waals surface area contributed by atoms with Crippen LogP contribution in [0.25, 0.3) is 0 Å². The Balaban J connectivity index is 2.55. The van der Waals surface area contributed by atoms with E-state index < -0.39 is 0 Å². The molecule has 1 atom stereocenters. The molecule has 0 saturated carbocycles. The van der Waals surface area contributed by atoms with Crippen LogP contribution in [0.3, 0.4) is 0 Å². The molecule has 15 heavy (non-hydrogen) atoms. The second-order valence-electron chi connectivity index (χ2n) is 4.53. The minimum Gasteiger partial charge on any atom is -0.370 e. The van der Waals surface area contributed by atoms with Crippen LogP contribution in [0.1, 0.15) is 39.5 Å². The van der Waals surface area contributed by atoms with Gasteiger partial charge < -0.3 is 10.6 Å². The average molecular weight is 209 g/mol. The summed E-state index contributed by atoms with van der Waals surface area (Å²) in [7, 11) is 0. The van der Waals surface area contributed by atoms with E-state index in [2.05, 4.69) is 30.3 Å². The van der Waals surface area contributed by atoms with Gasteiger partial charge in [-0.15, -0.1) is 6.58 Å². The van der Waals surface area contributed by atoms with Crippen molar-refractivity contribution >= 4 is 5.96 Å². The number of nitrogens with two attached hydrogens (primary N) is 1. The summed E-state index contributed by atoms with van der Waals surface area (Å²) in [5.74, 6) is 0.675. The topological polar surface area (TPSA) is 41.6 Å². The van der Waals surface area contributed by atoms with Gasteiger partial charge in [0, 0.05) is 6.54 Å². The van der Waals surface area contributed by atoms with Crippen molar-refractivity contribution in [2.45, 2.75) is 45.1 Å². The van der Waals surface area contributed by atoms with E-state index in [9.17, 15) is 0 Å². The van der Waals surface area contributed by atoms with Crippen molar-refractivity contribution < 1.29 is 0 Å². The molecule has 0 radical (unpaired) electrons. The Morgan fingerprint density at radius 2 is 2.33 bits per heavy atom. The first-order valence-corrected chi connectivity index (χ1v) is 5.82. The quantitative estimate of drug-likeness (QED) is 0.538. The van der Waals surface area contributed by atoms with Crippen LogP contribution < -0.4 is 5.73 Å². The molecule has 0 fully saturated rings. The maximum atomic E-state index is 5.87. The second-order valence-corrected chi connectivity index (χ2v) is 4.53. The highest BCUT2D eigenvalue weighted by atomic mass is 15.3. The molecule has 2 N–H and O–H groups in total. The average Bonchev–Trinajstić information content (AvgIpc) is 2.48. The molecule has 1 unspecified atom stereocenters. The number of hydrogen-bond acceptors (Lipinski definition) is 3. The summed E-state index contributed by atoms with van der Waals surface area (Å²) in [6.07, 6.45) is 6.86. The van der Waals surface area contributed by atoms with E-state index >= 15 is 0 Å². The Labute approximate surface area is 93.1 Å². The van der Waals surface area contributed by atoms with Crippen molar-refractivity contribution in [3.8, 4) is 0 Å². The molecule has 0 amide bonds. The van der Waals surface area contributed by atoms with Crippen molar-refractivity contribution in [2.24, 2.45) is 10.7 Å². The van der Waals surface area contributed by atoms with Crippen molar-refractivity contribution in [3.63, 3.8) is 0 Å². The van der Waals surface area contributed by atoms with Gasteiger partial charge >= 0.3 is 0 Å². The van der Waals surface area contributed by atoms with Crippen molar-refractivity contribution in [1.82, 2.24) is 4.90 Å². The zero-order valence-electron chi connectivity index (χ0n) is 10.00. The Morgan fingerprint density at radius 3 is 2.93 bits per heavy atom. The fourth-order valence-corrected chi connectivity index (χ4v) is 2.11. The highest BCUT2D eigenvalue weighted by Gasteiger charge is 2.36. The van der Waals surface area contributed by atoms with Gasteiger partial charge in [0.05, 0.1) is 12.1 Å². The molecular formula is C12H23N3. The molecule has 3 heteroatoms. The Kier molecular flexibility index (Phi) is 4.18. The van der Waals surface area contributed by atoms with Gasteiger partial charge in [-0.05, 0) is 13.3 Å². The molecule has 1 aliphatic rings. The molecule has 0 aromatic rings. The van der Waals surface area contributed by atoms with Crippen molar-refractivity contribution in [1.29, 1.82) is 0 Å². The third-order valence-electron chi connectivity index (χ3n) is 3.14. The summed E-state index contributed by atoms with van der Waals surface area (Å²) in [4.78, 5) is 6.52. The van der Waals surface area contributed by atoms with Gasteiger partial charge in [-0.25, -0.2) is 0 Å². The molecule has 1 heterocycles. The van der Waals surface area contributed by atoms with Gasteiger partial charge in [0.2, 0.25) is 0 Å². The Hall–Kier alpha value is -0.990. The first kappa shape index (κ1) is 12.1. The summed E-state index contributed by atoms with van der Waals surface area (Å²) in [5, 5.41) is 0. The molecule has 0 aliphatic carbocycles. The van der Waals surface area contributed by atoms with E-state index in [0.717, 1.165) is 13.1 Å². The van der Waals surface area contributed by atoms with E-state index in [-0.39, 0.29) is 5.54 Å². The van der Waals surface area contributed by atoms with Crippen LogP contribution in [0.5, 0.6) is 0 Å². The number of hydrogen-bond donors (Lipinski definition) is 1. The van der Waals surface area contributed by atoms with Crippen molar-refractivity contribution in [3.05, 3.63) is 12.7 Å². The first-order chi connectivity index (χ1) is 7.14. The molecule has 0 aromatic heterocycles. The fourth-order valence-electron chi connectivity index (χ4n) is 2.11. The molecule has 1 rings (SSSR count). The van der Waals surface area contributed by atoms with Crippen LogP contribution in [0.2, 0.25) is 0 Å². The Morgan fingerprint density at radius 1 is 1.60 bits per heavy atom. The standard InChI is InChI=1S/C12H23N3/c1-4-6-7-8-12(3)10-14-11(13)15(12)9-5-2/h5H,2,4,6-10H2,1,3H3,(H2,13,14). The molecular weight excluding hydrogens is 186 g/mol. The van der Waals surface area contributed by atoms with Crippen LogP contribution >= 0.6 is 0 Å². The molecule has 0 bridgehead atoms. The van der Waals surface area contributed by atoms with E-state index in [1.54, 1.807) is 0 Å². The lowest BCUT2D eigenvalue weighted by Crippen LogP contribution is -2.49. The summed E-state index contributed by atoms with van der Waals surface area (Å²) >= 11 is 0. The zero-order valence-corrected chi connectivity index (χ0v) is 10.00. The predicted octanol–water partition coefficient (Wildman–Crippen LogP) is 2.14. The van der Waals surface area contributed by atoms with Gasteiger partial charge in [-0.2, -0.15) is 0 Å². The van der Waals surface area contributed by atoms with Crippen molar-refractivity contribution in [2.75, 3.05) is 13.1 Å². The third-order valence-corrected chi connectivity index (χ3v) is 3.14. The number of guanidine groups is 1. The maximum absolute atomic E-state index is 5.87. The van der Waals surface area contributed by atoms with Crippen LogP contribution in [0.4, 0.5) is 0 Å². The minimum absolute atomic E-state index is 0.118. The second kappa shape index (κ2) is 5.19. The first-order valence-electron chi connectivity index (χ1n) is 5.82. The molecule has 3 nitrogen and oxygen atoms in total. The fraction of sp³-hybridized carbons (Fsp3) is 0.750. The largest absolute Gasteiger partial charge is 0.370 e. The van der Waals surface area contributed by atoms with Crippen LogP contribution in [-0.2, 0) is 0 Å². The van der Waals surface area contributed by atoms with E-state index in [4.69, 9.17) is 5.73 Å². The van der Waals surface area contributed by atoms with Gasteiger partial charge in [0.25, 0.3) is 0 Å². The van der Waals surface area contributed by atoms with Crippen LogP contribution in [0.15, 0.2) is 17.6 Å². The highest BCUT2D eigenvalue weighted by molar-refractivity contribution is 5.81. The molecule has 0 aromatic carbocycles. The lowest BCUT2D eigenvalue weighted by Gasteiger charge is -2.35. The SMILES string of the molecule is C=CCN1C(N)=NCC1(C)CCCCC. The monoisotopic (exact) mass is 209 g/mol. The van der Waals surface area contributed by atoms with Gasteiger partial charge in [-0.3, -0.25) is 4.99 Å². The number of nitrogens with zero attached hydrogens (tertiary/aromatic N) is 2. The lowest BCUT2D eigenvalue weighted by atomic mass is 9.93. The number of aliphatic imine (C=N–C) groups is 1. The summed E-state index contributed by atoms with van der Waals surface area (Å²) < 4.78 is 0. The lowest BCUT2D eigenvalue weighted by molar-refractivity contribution is 0.219. The van der Waals surface area contributed by atoms with E-state index in [1.807, 2.05) is 6.08 Å².